The zero-order valence-corrected chi connectivity index (χ0v) is 14.5. The first-order valence-electron chi connectivity index (χ1n) is 8.23. The Kier molecular flexibility index (Phi) is 9.47. The van der Waals surface area contributed by atoms with Crippen LogP contribution in [-0.2, 0) is 18.9 Å². The minimum atomic E-state index is -0.348. The highest BCUT2D eigenvalue weighted by Gasteiger charge is 2.32. The fourth-order valence-electron chi connectivity index (χ4n) is 2.15. The number of aliphatic hydroxyl groups excluding tert-OH is 1. The summed E-state index contributed by atoms with van der Waals surface area (Å²) in [5.74, 6) is 0.454. The van der Waals surface area contributed by atoms with Crippen molar-refractivity contribution in [2.24, 2.45) is 5.92 Å². The number of carbonyl (C=O) groups excluding carboxylic acids is 1. The topological polar surface area (TPSA) is 86.3 Å². The van der Waals surface area contributed by atoms with Gasteiger partial charge in [-0.25, -0.2) is 4.79 Å². The average Bonchev–Trinajstić information content (AvgIpc) is 2.40. The Bertz CT molecular complexity index is 325. The van der Waals surface area contributed by atoms with E-state index in [1.54, 1.807) is 0 Å². The molecule has 1 aliphatic carbocycles. The molecule has 1 fully saturated rings. The minimum absolute atomic E-state index is 0.00544. The van der Waals surface area contributed by atoms with E-state index in [0.29, 0.717) is 45.6 Å². The van der Waals surface area contributed by atoms with Crippen LogP contribution in [0.25, 0.3) is 0 Å². The summed E-state index contributed by atoms with van der Waals surface area (Å²) < 4.78 is 21.2. The third-order valence-corrected chi connectivity index (χ3v) is 3.28. The molecule has 23 heavy (non-hydrogen) atoms. The van der Waals surface area contributed by atoms with E-state index in [1.807, 2.05) is 20.8 Å². The van der Waals surface area contributed by atoms with Gasteiger partial charge in [-0.3, -0.25) is 0 Å². The van der Waals surface area contributed by atoms with E-state index in [-0.39, 0.29) is 24.3 Å². The fourth-order valence-corrected chi connectivity index (χ4v) is 2.15. The second-order valence-electron chi connectivity index (χ2n) is 6.76. The molecule has 0 bridgehead atoms. The van der Waals surface area contributed by atoms with Crippen LogP contribution < -0.4 is 5.32 Å². The number of hydrogen-bond acceptors (Lipinski definition) is 6. The molecule has 7 nitrogen and oxygen atoms in total. The molecule has 1 amide bonds. The second-order valence-corrected chi connectivity index (χ2v) is 6.76. The Morgan fingerprint density at radius 3 is 2.17 bits per heavy atom. The molecule has 0 unspecified atom stereocenters. The molecule has 0 saturated heterocycles. The highest BCUT2D eigenvalue weighted by molar-refractivity contribution is 5.68. The van der Waals surface area contributed by atoms with Crippen molar-refractivity contribution >= 4 is 6.09 Å². The van der Waals surface area contributed by atoms with Crippen molar-refractivity contribution in [3.8, 4) is 0 Å². The molecule has 7 heteroatoms. The van der Waals surface area contributed by atoms with Crippen LogP contribution in [0.2, 0.25) is 0 Å². The van der Waals surface area contributed by atoms with E-state index in [4.69, 9.17) is 24.1 Å². The second kappa shape index (κ2) is 10.8. The van der Waals surface area contributed by atoms with Crippen LogP contribution in [0, 0.1) is 5.92 Å². The molecule has 0 atom stereocenters. The molecular formula is C16H31NO6. The first kappa shape index (κ1) is 20.2. The Morgan fingerprint density at radius 2 is 1.61 bits per heavy atom. The maximum atomic E-state index is 11.6. The molecular weight excluding hydrogens is 302 g/mol. The molecule has 136 valence electrons. The van der Waals surface area contributed by atoms with Crippen LogP contribution in [0.5, 0.6) is 0 Å². The van der Waals surface area contributed by atoms with E-state index in [1.165, 1.54) is 0 Å². The lowest BCUT2D eigenvalue weighted by atomic mass is 9.83. The normalized spacial score (nSPS) is 20.9. The van der Waals surface area contributed by atoms with Crippen molar-refractivity contribution in [3.05, 3.63) is 0 Å². The summed E-state index contributed by atoms with van der Waals surface area (Å²) in [6.07, 6.45) is 1.37. The smallest absolute Gasteiger partial charge is 0.407 e. The van der Waals surface area contributed by atoms with Gasteiger partial charge in [0.05, 0.1) is 39.6 Å². The van der Waals surface area contributed by atoms with Crippen molar-refractivity contribution in [2.45, 2.75) is 45.3 Å². The predicted octanol–water partition coefficient (Wildman–Crippen LogP) is 1.33. The van der Waals surface area contributed by atoms with E-state index in [0.717, 1.165) is 12.8 Å². The molecule has 0 aromatic rings. The first-order valence-corrected chi connectivity index (χ1v) is 8.23. The number of alkyl carbamates (subject to hydrolysis) is 1. The summed E-state index contributed by atoms with van der Waals surface area (Å²) >= 11 is 0. The maximum absolute atomic E-state index is 11.6. The Hall–Kier alpha value is -0.890. The number of hydrogen-bond donors (Lipinski definition) is 2. The zero-order chi connectivity index (χ0) is 17.1. The average molecular weight is 333 g/mol. The van der Waals surface area contributed by atoms with Crippen LogP contribution in [0.3, 0.4) is 0 Å². The summed E-state index contributed by atoms with van der Waals surface area (Å²) in [4.78, 5) is 11.6. The minimum Gasteiger partial charge on any atom is -0.446 e. The quantitative estimate of drug-likeness (QED) is 0.555. The van der Waals surface area contributed by atoms with Crippen molar-refractivity contribution in [1.82, 2.24) is 5.32 Å². The molecule has 0 radical (unpaired) electrons. The lowest BCUT2D eigenvalue weighted by Gasteiger charge is -2.35. The Morgan fingerprint density at radius 1 is 1.04 bits per heavy atom. The lowest BCUT2D eigenvalue weighted by Crippen LogP contribution is -2.45. The van der Waals surface area contributed by atoms with Crippen molar-refractivity contribution in [1.29, 1.82) is 0 Å². The molecule has 2 N–H and O–H groups in total. The number of nitrogens with one attached hydrogen (secondary N) is 1. The molecule has 0 aliphatic heterocycles. The summed E-state index contributed by atoms with van der Waals surface area (Å²) in [5, 5.41) is 11.3. The molecule has 1 aliphatic rings. The van der Waals surface area contributed by atoms with E-state index >= 15 is 0 Å². The van der Waals surface area contributed by atoms with Crippen LogP contribution >= 0.6 is 0 Å². The predicted molar refractivity (Wildman–Crippen MR) is 85.4 cm³/mol. The number of carbonyl (C=O) groups is 1. The largest absolute Gasteiger partial charge is 0.446 e. The third-order valence-electron chi connectivity index (χ3n) is 3.28. The molecule has 0 aromatic carbocycles. The summed E-state index contributed by atoms with van der Waals surface area (Å²) in [6.45, 7) is 8.89. The third kappa shape index (κ3) is 10.5. The van der Waals surface area contributed by atoms with Crippen LogP contribution in [0.1, 0.15) is 33.6 Å². The van der Waals surface area contributed by atoms with E-state index < -0.39 is 0 Å². The Labute approximate surface area is 138 Å². The molecule has 0 heterocycles. The Balaban J connectivity index is 1.88. The van der Waals surface area contributed by atoms with Crippen molar-refractivity contribution in [2.75, 3.05) is 46.2 Å². The monoisotopic (exact) mass is 333 g/mol. The van der Waals surface area contributed by atoms with Gasteiger partial charge in [-0.2, -0.15) is 0 Å². The van der Waals surface area contributed by atoms with Crippen LogP contribution in [-0.4, -0.2) is 69.1 Å². The highest BCUT2D eigenvalue weighted by Crippen LogP contribution is 2.30. The van der Waals surface area contributed by atoms with Gasteiger partial charge in [-0.15, -0.1) is 0 Å². The SMILES string of the molecule is CC(C)(C)NC(=O)OC1CC(COCCOCCOCCO)C1. The highest BCUT2D eigenvalue weighted by atomic mass is 16.6. The lowest BCUT2D eigenvalue weighted by molar-refractivity contribution is -0.0372. The van der Waals surface area contributed by atoms with Crippen molar-refractivity contribution < 1.29 is 28.8 Å². The standard InChI is InChI=1S/C16H31NO6/c1-16(2,3)17-15(19)23-14-10-13(11-14)12-22-9-8-21-7-6-20-5-4-18/h13-14,18H,4-12H2,1-3H3,(H,17,19). The van der Waals surface area contributed by atoms with E-state index in [9.17, 15) is 4.79 Å². The molecule has 0 aromatic heterocycles. The number of amides is 1. The van der Waals surface area contributed by atoms with Gasteiger partial charge in [0, 0.05) is 12.1 Å². The van der Waals surface area contributed by atoms with Gasteiger partial charge >= 0.3 is 6.09 Å². The van der Waals surface area contributed by atoms with Crippen LogP contribution in [0.4, 0.5) is 4.79 Å². The van der Waals surface area contributed by atoms with E-state index in [2.05, 4.69) is 5.32 Å². The number of rotatable bonds is 11. The number of aliphatic hydroxyl groups is 1. The van der Waals surface area contributed by atoms with Gasteiger partial charge in [0.1, 0.15) is 6.10 Å². The molecule has 1 saturated carbocycles. The first-order chi connectivity index (χ1) is 10.9. The maximum Gasteiger partial charge on any atom is 0.407 e. The zero-order valence-electron chi connectivity index (χ0n) is 14.5. The van der Waals surface area contributed by atoms with Gasteiger partial charge in [0.25, 0.3) is 0 Å². The fraction of sp³-hybridized carbons (Fsp3) is 0.938. The van der Waals surface area contributed by atoms with Crippen LogP contribution in [0.15, 0.2) is 0 Å². The summed E-state index contributed by atoms with van der Waals surface area (Å²) in [7, 11) is 0. The number of ether oxygens (including phenoxy) is 4. The van der Waals surface area contributed by atoms with Gasteiger partial charge in [0.2, 0.25) is 0 Å². The van der Waals surface area contributed by atoms with Crippen molar-refractivity contribution in [3.63, 3.8) is 0 Å². The molecule has 1 rings (SSSR count). The summed E-state index contributed by atoms with van der Waals surface area (Å²) in [5.41, 5.74) is -0.271. The summed E-state index contributed by atoms with van der Waals surface area (Å²) in [6, 6.07) is 0. The van der Waals surface area contributed by atoms with Gasteiger partial charge in [-0.1, -0.05) is 0 Å². The molecule has 0 spiro atoms. The van der Waals surface area contributed by atoms with Gasteiger partial charge in [0.15, 0.2) is 0 Å². The van der Waals surface area contributed by atoms with Gasteiger partial charge < -0.3 is 29.4 Å². The van der Waals surface area contributed by atoms with Gasteiger partial charge in [-0.05, 0) is 39.5 Å².